The minimum absolute atomic E-state index is 0.105. The van der Waals surface area contributed by atoms with Crippen molar-refractivity contribution < 1.29 is 4.39 Å². The van der Waals surface area contributed by atoms with E-state index < -0.39 is 5.82 Å². The fourth-order valence-electron chi connectivity index (χ4n) is 4.32. The van der Waals surface area contributed by atoms with Gasteiger partial charge in [0.15, 0.2) is 0 Å². The summed E-state index contributed by atoms with van der Waals surface area (Å²) in [5.41, 5.74) is 4.82. The van der Waals surface area contributed by atoms with Crippen LogP contribution >= 0.6 is 0 Å². The number of aryl methyl sites for hydroxylation is 3. The SMILES string of the molecule is Cc1cc(CCC2CCN(CCn3c(=O)ccc4ncc(F)cc43)CC2)cnc1C. The van der Waals surface area contributed by atoms with E-state index in [9.17, 15) is 9.18 Å². The third-order valence-electron chi connectivity index (χ3n) is 6.39. The number of halogens is 1. The van der Waals surface area contributed by atoms with Gasteiger partial charge in [-0.05, 0) is 75.7 Å². The van der Waals surface area contributed by atoms with Crippen molar-refractivity contribution in [1.82, 2.24) is 19.4 Å². The average Bonchev–Trinajstić information content (AvgIpc) is 2.74. The molecule has 0 amide bonds. The molecule has 1 saturated heterocycles. The predicted molar refractivity (Wildman–Crippen MR) is 117 cm³/mol. The molecule has 0 aromatic carbocycles. The van der Waals surface area contributed by atoms with Crippen molar-refractivity contribution in [3.8, 4) is 0 Å². The van der Waals surface area contributed by atoms with Gasteiger partial charge in [0.05, 0.1) is 17.2 Å². The first-order valence-corrected chi connectivity index (χ1v) is 10.8. The van der Waals surface area contributed by atoms with E-state index in [1.165, 1.54) is 48.7 Å². The van der Waals surface area contributed by atoms with Crippen molar-refractivity contribution >= 4 is 11.0 Å². The Kier molecular flexibility index (Phi) is 6.23. The highest BCUT2D eigenvalue weighted by molar-refractivity contribution is 5.74. The molecule has 1 fully saturated rings. The largest absolute Gasteiger partial charge is 0.305 e. The highest BCUT2D eigenvalue weighted by Crippen LogP contribution is 2.23. The van der Waals surface area contributed by atoms with E-state index in [0.717, 1.165) is 37.7 Å². The minimum atomic E-state index is -0.415. The molecule has 0 aliphatic carbocycles. The molecule has 0 atom stereocenters. The maximum atomic E-state index is 13.6. The van der Waals surface area contributed by atoms with E-state index in [4.69, 9.17) is 0 Å². The number of nitrogens with zero attached hydrogens (tertiary/aromatic N) is 4. The van der Waals surface area contributed by atoms with Crippen LogP contribution in [0.25, 0.3) is 11.0 Å². The van der Waals surface area contributed by atoms with E-state index in [1.807, 2.05) is 13.1 Å². The summed E-state index contributed by atoms with van der Waals surface area (Å²) in [7, 11) is 0. The second-order valence-electron chi connectivity index (χ2n) is 8.45. The molecule has 3 aromatic rings. The van der Waals surface area contributed by atoms with Gasteiger partial charge in [-0.25, -0.2) is 4.39 Å². The first-order valence-electron chi connectivity index (χ1n) is 10.8. The zero-order valence-electron chi connectivity index (χ0n) is 17.8. The zero-order chi connectivity index (χ0) is 21.1. The second kappa shape index (κ2) is 9.04. The maximum absolute atomic E-state index is 13.6. The quantitative estimate of drug-likeness (QED) is 0.621. The molecule has 3 aromatic heterocycles. The number of aromatic nitrogens is 3. The lowest BCUT2D eigenvalue weighted by Gasteiger charge is -2.32. The molecule has 6 heteroatoms. The van der Waals surface area contributed by atoms with Gasteiger partial charge >= 0.3 is 0 Å². The zero-order valence-corrected chi connectivity index (χ0v) is 17.8. The number of pyridine rings is 3. The molecule has 30 heavy (non-hydrogen) atoms. The van der Waals surface area contributed by atoms with Crippen LogP contribution in [0.3, 0.4) is 0 Å². The third kappa shape index (κ3) is 4.75. The Labute approximate surface area is 176 Å². The van der Waals surface area contributed by atoms with Gasteiger partial charge in [-0.1, -0.05) is 6.07 Å². The Balaban J connectivity index is 1.30. The molecule has 0 spiro atoms. The molecule has 5 nitrogen and oxygen atoms in total. The third-order valence-corrected chi connectivity index (χ3v) is 6.39. The van der Waals surface area contributed by atoms with Gasteiger partial charge in [0.1, 0.15) is 5.82 Å². The van der Waals surface area contributed by atoms with Crippen LogP contribution in [0.4, 0.5) is 4.39 Å². The van der Waals surface area contributed by atoms with Crippen LogP contribution in [0.5, 0.6) is 0 Å². The van der Waals surface area contributed by atoms with Gasteiger partial charge in [0.25, 0.3) is 5.56 Å². The number of rotatable bonds is 6. The standard InChI is InChI=1S/C24H29FN4O/c1-17-13-20(15-26-18(17)2)4-3-19-7-9-28(10-8-19)11-12-29-23-14-21(25)16-27-22(23)5-6-24(29)30/h5-6,13-16,19H,3-4,7-12H2,1-2H3. The molecule has 4 heterocycles. The number of hydrogen-bond donors (Lipinski definition) is 0. The number of piperidine rings is 1. The average molecular weight is 409 g/mol. The van der Waals surface area contributed by atoms with Crippen molar-refractivity contribution in [2.75, 3.05) is 19.6 Å². The van der Waals surface area contributed by atoms with Crippen LogP contribution < -0.4 is 5.56 Å². The molecule has 0 bridgehead atoms. The summed E-state index contributed by atoms with van der Waals surface area (Å²) >= 11 is 0. The van der Waals surface area contributed by atoms with E-state index in [0.29, 0.717) is 17.6 Å². The van der Waals surface area contributed by atoms with Crippen molar-refractivity contribution in [2.24, 2.45) is 5.92 Å². The smallest absolute Gasteiger partial charge is 0.251 e. The fourth-order valence-corrected chi connectivity index (χ4v) is 4.32. The first-order chi connectivity index (χ1) is 14.5. The molecule has 0 unspecified atom stereocenters. The van der Waals surface area contributed by atoms with E-state index in [2.05, 4.69) is 27.9 Å². The summed E-state index contributed by atoms with van der Waals surface area (Å²) < 4.78 is 15.3. The van der Waals surface area contributed by atoms with Gasteiger partial charge in [0.2, 0.25) is 0 Å². The first kappa shape index (κ1) is 20.7. The topological polar surface area (TPSA) is 51.0 Å². The monoisotopic (exact) mass is 408 g/mol. The minimum Gasteiger partial charge on any atom is -0.305 e. The van der Waals surface area contributed by atoms with Crippen LogP contribution in [0.15, 0.2) is 41.5 Å². The van der Waals surface area contributed by atoms with Crippen LogP contribution in [-0.4, -0.2) is 39.1 Å². The summed E-state index contributed by atoms with van der Waals surface area (Å²) in [4.78, 5) is 23.3. The summed E-state index contributed by atoms with van der Waals surface area (Å²) in [6, 6.07) is 6.83. The molecule has 0 saturated carbocycles. The van der Waals surface area contributed by atoms with Crippen molar-refractivity contribution in [1.29, 1.82) is 0 Å². The molecule has 0 radical (unpaired) electrons. The van der Waals surface area contributed by atoms with Crippen LogP contribution in [0, 0.1) is 25.6 Å². The van der Waals surface area contributed by atoms with Crippen LogP contribution in [-0.2, 0) is 13.0 Å². The van der Waals surface area contributed by atoms with Crippen LogP contribution in [0.1, 0.15) is 36.1 Å². The Bertz CT molecular complexity index is 1090. The normalized spacial score (nSPS) is 15.7. The summed E-state index contributed by atoms with van der Waals surface area (Å²) in [6.45, 7) is 7.61. The Hall–Kier alpha value is -2.60. The van der Waals surface area contributed by atoms with E-state index >= 15 is 0 Å². The summed E-state index contributed by atoms with van der Waals surface area (Å²) in [5, 5.41) is 0. The fraction of sp³-hybridized carbons (Fsp3) is 0.458. The number of fused-ring (bicyclic) bond motifs is 1. The highest BCUT2D eigenvalue weighted by atomic mass is 19.1. The van der Waals surface area contributed by atoms with E-state index in [-0.39, 0.29) is 5.56 Å². The lowest BCUT2D eigenvalue weighted by molar-refractivity contribution is 0.174. The molecule has 158 valence electrons. The molecular weight excluding hydrogens is 379 g/mol. The predicted octanol–water partition coefficient (Wildman–Crippen LogP) is 3.89. The van der Waals surface area contributed by atoms with Crippen molar-refractivity contribution in [3.05, 3.63) is 69.7 Å². The van der Waals surface area contributed by atoms with Crippen molar-refractivity contribution in [2.45, 2.75) is 46.1 Å². The van der Waals surface area contributed by atoms with Crippen LogP contribution in [0.2, 0.25) is 0 Å². The maximum Gasteiger partial charge on any atom is 0.251 e. The van der Waals surface area contributed by atoms with Gasteiger partial charge in [-0.2, -0.15) is 0 Å². The highest BCUT2D eigenvalue weighted by Gasteiger charge is 2.19. The molecule has 1 aliphatic heterocycles. The Morgan fingerprint density at radius 1 is 1.07 bits per heavy atom. The number of likely N-dealkylation sites (tertiary alicyclic amines) is 1. The molecular formula is C24H29FN4O. The van der Waals surface area contributed by atoms with Gasteiger partial charge < -0.3 is 9.47 Å². The Morgan fingerprint density at radius 2 is 1.87 bits per heavy atom. The lowest BCUT2D eigenvalue weighted by atomic mass is 9.90. The van der Waals surface area contributed by atoms with Gasteiger partial charge in [-0.15, -0.1) is 0 Å². The molecule has 1 aliphatic rings. The number of hydrogen-bond acceptors (Lipinski definition) is 4. The van der Waals surface area contributed by atoms with E-state index in [1.54, 1.807) is 10.6 Å². The molecule has 0 N–H and O–H groups in total. The lowest BCUT2D eigenvalue weighted by Crippen LogP contribution is -2.37. The summed E-state index contributed by atoms with van der Waals surface area (Å²) in [5.74, 6) is 0.322. The second-order valence-corrected chi connectivity index (χ2v) is 8.45. The van der Waals surface area contributed by atoms with Gasteiger partial charge in [-0.3, -0.25) is 14.8 Å². The van der Waals surface area contributed by atoms with Crippen molar-refractivity contribution in [3.63, 3.8) is 0 Å². The van der Waals surface area contributed by atoms with Gasteiger partial charge in [0, 0.05) is 37.1 Å². The summed E-state index contributed by atoms with van der Waals surface area (Å²) in [6.07, 6.45) is 7.85. The molecule has 4 rings (SSSR count). The Morgan fingerprint density at radius 3 is 2.63 bits per heavy atom.